The Morgan fingerprint density at radius 1 is 1.25 bits per heavy atom. The largest absolute Gasteiger partial charge is 0.230 e. The SMILES string of the molecule is S=c1s[nH]nc1-c1ccccc1. The second-order valence-electron chi connectivity index (χ2n) is 2.31. The molecule has 60 valence electrons. The Morgan fingerprint density at radius 3 is 2.58 bits per heavy atom. The van der Waals surface area contributed by atoms with Crippen molar-refractivity contribution in [2.45, 2.75) is 0 Å². The molecular weight excluding hydrogens is 188 g/mol. The first-order valence-electron chi connectivity index (χ1n) is 3.47. The number of nitrogens with zero attached hydrogens (tertiary/aromatic N) is 1. The van der Waals surface area contributed by atoms with Crippen molar-refractivity contribution < 1.29 is 0 Å². The summed E-state index contributed by atoms with van der Waals surface area (Å²) in [5, 5.41) is 4.08. The summed E-state index contributed by atoms with van der Waals surface area (Å²) in [6.45, 7) is 0. The lowest BCUT2D eigenvalue weighted by Crippen LogP contribution is -1.76. The summed E-state index contributed by atoms with van der Waals surface area (Å²) in [7, 11) is 0. The maximum atomic E-state index is 5.09. The third-order valence-corrected chi connectivity index (χ3v) is 2.54. The van der Waals surface area contributed by atoms with Gasteiger partial charge in [-0.05, 0) is 11.5 Å². The molecule has 0 bridgehead atoms. The second-order valence-corrected chi connectivity index (χ2v) is 3.77. The van der Waals surface area contributed by atoms with Gasteiger partial charge in [0.2, 0.25) is 0 Å². The zero-order chi connectivity index (χ0) is 8.39. The summed E-state index contributed by atoms with van der Waals surface area (Å²) >= 11 is 6.47. The average Bonchev–Trinajstić information content (AvgIpc) is 2.53. The maximum Gasteiger partial charge on any atom is 0.136 e. The third kappa shape index (κ3) is 1.31. The van der Waals surface area contributed by atoms with E-state index >= 15 is 0 Å². The molecule has 0 fully saturated rings. The van der Waals surface area contributed by atoms with E-state index < -0.39 is 0 Å². The Morgan fingerprint density at radius 2 is 2.00 bits per heavy atom. The summed E-state index contributed by atoms with van der Waals surface area (Å²) in [6.07, 6.45) is 0. The van der Waals surface area contributed by atoms with E-state index in [4.69, 9.17) is 12.2 Å². The molecule has 2 nitrogen and oxygen atoms in total. The highest BCUT2D eigenvalue weighted by Gasteiger charge is 2.00. The number of nitrogens with one attached hydrogen (secondary N) is 1. The molecule has 0 spiro atoms. The van der Waals surface area contributed by atoms with Crippen molar-refractivity contribution in [3.8, 4) is 11.3 Å². The standard InChI is InChI=1S/C8H6N2S2/c11-8-7(9-10-12-8)6-4-2-1-3-5-6/h1-5,10H. The Hall–Kier alpha value is -1.00. The summed E-state index contributed by atoms with van der Waals surface area (Å²) in [4.78, 5) is 0. The summed E-state index contributed by atoms with van der Waals surface area (Å²) < 4.78 is 3.59. The highest BCUT2D eigenvalue weighted by atomic mass is 32.2. The van der Waals surface area contributed by atoms with Gasteiger partial charge in [-0.15, -0.1) is 0 Å². The first kappa shape index (κ1) is 7.64. The molecule has 0 aliphatic rings. The van der Waals surface area contributed by atoms with Crippen molar-refractivity contribution in [1.82, 2.24) is 9.59 Å². The number of H-pyrrole nitrogens is 1. The predicted molar refractivity (Wildman–Crippen MR) is 52.7 cm³/mol. The van der Waals surface area contributed by atoms with Gasteiger partial charge >= 0.3 is 0 Å². The Labute approximate surface area is 79.0 Å². The van der Waals surface area contributed by atoms with Crippen LogP contribution in [0.2, 0.25) is 0 Å². The maximum absolute atomic E-state index is 5.09. The van der Waals surface area contributed by atoms with Crippen LogP contribution in [0.4, 0.5) is 0 Å². The van der Waals surface area contributed by atoms with Crippen LogP contribution < -0.4 is 0 Å². The molecule has 1 heterocycles. The summed E-state index contributed by atoms with van der Waals surface area (Å²) in [5.74, 6) is 0. The van der Waals surface area contributed by atoms with Crippen molar-refractivity contribution in [3.63, 3.8) is 0 Å². The molecule has 0 saturated carbocycles. The fourth-order valence-electron chi connectivity index (χ4n) is 0.982. The quantitative estimate of drug-likeness (QED) is 0.707. The normalized spacial score (nSPS) is 10.0. The minimum absolute atomic E-state index is 0.807. The number of aromatic nitrogens is 2. The number of aromatic amines is 1. The zero-order valence-corrected chi connectivity index (χ0v) is 7.78. The van der Waals surface area contributed by atoms with Gasteiger partial charge < -0.3 is 0 Å². The van der Waals surface area contributed by atoms with Crippen LogP contribution in [0.5, 0.6) is 0 Å². The monoisotopic (exact) mass is 194 g/mol. The molecule has 1 aromatic heterocycles. The van der Waals surface area contributed by atoms with E-state index in [-0.39, 0.29) is 0 Å². The van der Waals surface area contributed by atoms with Crippen molar-refractivity contribution in [2.24, 2.45) is 0 Å². The first-order chi connectivity index (χ1) is 5.88. The molecule has 2 rings (SSSR count). The van der Waals surface area contributed by atoms with Crippen molar-refractivity contribution in [1.29, 1.82) is 0 Å². The van der Waals surface area contributed by atoms with Crippen LogP contribution in [0.3, 0.4) is 0 Å². The number of hydrogen-bond donors (Lipinski definition) is 1. The van der Waals surface area contributed by atoms with Crippen LogP contribution in [0.15, 0.2) is 30.3 Å². The molecule has 0 aliphatic carbocycles. The van der Waals surface area contributed by atoms with Crippen LogP contribution >= 0.6 is 23.8 Å². The lowest BCUT2D eigenvalue weighted by molar-refractivity contribution is 1.16. The number of hydrogen-bond acceptors (Lipinski definition) is 3. The lowest BCUT2D eigenvalue weighted by Gasteiger charge is -1.91. The van der Waals surface area contributed by atoms with Crippen molar-refractivity contribution in [3.05, 3.63) is 34.2 Å². The van der Waals surface area contributed by atoms with E-state index in [1.807, 2.05) is 30.3 Å². The smallest absolute Gasteiger partial charge is 0.136 e. The fourth-order valence-corrected chi connectivity index (χ4v) is 1.74. The zero-order valence-electron chi connectivity index (χ0n) is 6.15. The molecule has 0 atom stereocenters. The van der Waals surface area contributed by atoms with E-state index in [1.54, 1.807) is 0 Å². The minimum atomic E-state index is 0.807. The highest BCUT2D eigenvalue weighted by molar-refractivity contribution is 7.73. The fraction of sp³-hybridized carbons (Fsp3) is 0. The van der Waals surface area contributed by atoms with Crippen LogP contribution in [-0.2, 0) is 0 Å². The second kappa shape index (κ2) is 3.16. The molecular formula is C8H6N2S2. The predicted octanol–water partition coefficient (Wildman–Crippen LogP) is 2.87. The van der Waals surface area contributed by atoms with Crippen molar-refractivity contribution in [2.75, 3.05) is 0 Å². The van der Waals surface area contributed by atoms with Crippen LogP contribution in [0, 0.1) is 3.82 Å². The van der Waals surface area contributed by atoms with Crippen LogP contribution in [-0.4, -0.2) is 9.59 Å². The van der Waals surface area contributed by atoms with E-state index in [0.717, 1.165) is 15.1 Å². The molecule has 0 unspecified atom stereocenters. The average molecular weight is 194 g/mol. The molecule has 0 radical (unpaired) electrons. The Bertz CT molecular complexity index is 416. The minimum Gasteiger partial charge on any atom is -0.230 e. The molecule has 12 heavy (non-hydrogen) atoms. The van der Waals surface area contributed by atoms with Gasteiger partial charge in [0, 0.05) is 5.56 Å². The van der Waals surface area contributed by atoms with E-state index in [1.165, 1.54) is 11.5 Å². The van der Waals surface area contributed by atoms with Crippen molar-refractivity contribution >= 4 is 23.8 Å². The van der Waals surface area contributed by atoms with Gasteiger partial charge in [0.25, 0.3) is 0 Å². The van der Waals surface area contributed by atoms with E-state index in [9.17, 15) is 0 Å². The van der Waals surface area contributed by atoms with E-state index in [2.05, 4.69) is 9.59 Å². The van der Waals surface area contributed by atoms with Crippen LogP contribution in [0.1, 0.15) is 0 Å². The van der Waals surface area contributed by atoms with Gasteiger partial charge in [-0.1, -0.05) is 42.5 Å². The third-order valence-electron chi connectivity index (χ3n) is 1.54. The molecule has 0 aliphatic heterocycles. The Kier molecular flexibility index (Phi) is 2.01. The summed E-state index contributed by atoms with van der Waals surface area (Å²) in [5.41, 5.74) is 1.94. The van der Waals surface area contributed by atoms with Crippen LogP contribution in [0.25, 0.3) is 11.3 Å². The summed E-state index contributed by atoms with van der Waals surface area (Å²) in [6, 6.07) is 9.92. The van der Waals surface area contributed by atoms with E-state index in [0.29, 0.717) is 0 Å². The van der Waals surface area contributed by atoms with Gasteiger partial charge in [0.1, 0.15) is 9.52 Å². The molecule has 2 aromatic rings. The molecule has 1 aromatic carbocycles. The molecule has 0 saturated heterocycles. The Balaban J connectivity index is 2.59. The van der Waals surface area contributed by atoms with Gasteiger partial charge in [-0.3, -0.25) is 0 Å². The molecule has 4 heteroatoms. The lowest BCUT2D eigenvalue weighted by atomic mass is 10.2. The molecule has 0 amide bonds. The van der Waals surface area contributed by atoms with Gasteiger partial charge in [-0.2, -0.15) is 5.10 Å². The highest BCUT2D eigenvalue weighted by Crippen LogP contribution is 2.18. The first-order valence-corrected chi connectivity index (χ1v) is 4.70. The van der Waals surface area contributed by atoms with Gasteiger partial charge in [-0.25, -0.2) is 4.49 Å². The number of benzene rings is 1. The topological polar surface area (TPSA) is 28.7 Å². The number of rotatable bonds is 1. The van der Waals surface area contributed by atoms with Gasteiger partial charge in [0.05, 0.1) is 0 Å². The van der Waals surface area contributed by atoms with Gasteiger partial charge in [0.15, 0.2) is 0 Å². The molecule has 1 N–H and O–H groups in total.